The number of nitrogens with zero attached hydrogens (tertiary/aromatic N) is 2. The van der Waals surface area contributed by atoms with E-state index < -0.39 is 39.0 Å². The van der Waals surface area contributed by atoms with E-state index >= 15 is 0 Å². The number of para-hydroxylation sites is 2. The van der Waals surface area contributed by atoms with Crippen LogP contribution in [0.15, 0.2) is 42.5 Å². The Hall–Kier alpha value is -3.56. The largest absolute Gasteiger partial charge is 0.474 e. The number of nitrogens with one attached hydrogen (secondary N) is 1. The Labute approximate surface area is 140 Å². The number of ether oxygens (including phenoxy) is 1. The maximum Gasteiger partial charge on any atom is 0.310 e. The van der Waals surface area contributed by atoms with Gasteiger partial charge in [-0.25, -0.2) is 4.39 Å². The quantitative estimate of drug-likeness (QED) is 0.631. The first-order valence-electron chi connectivity index (χ1n) is 6.94. The number of anilines is 1. The summed E-state index contributed by atoms with van der Waals surface area (Å²) in [7, 11) is 0. The van der Waals surface area contributed by atoms with Gasteiger partial charge in [0.2, 0.25) is 0 Å². The van der Waals surface area contributed by atoms with Crippen molar-refractivity contribution in [2.75, 3.05) is 5.32 Å². The molecule has 25 heavy (non-hydrogen) atoms. The average molecular weight is 349 g/mol. The molecule has 2 aromatic rings. The van der Waals surface area contributed by atoms with Gasteiger partial charge in [-0.15, -0.1) is 0 Å². The van der Waals surface area contributed by atoms with Crippen LogP contribution in [-0.2, 0) is 4.79 Å². The second kappa shape index (κ2) is 7.34. The van der Waals surface area contributed by atoms with Gasteiger partial charge >= 0.3 is 5.69 Å². The summed E-state index contributed by atoms with van der Waals surface area (Å²) in [6.45, 7) is 1.31. The molecule has 1 amide bonds. The van der Waals surface area contributed by atoms with Gasteiger partial charge in [0, 0.05) is 18.2 Å². The zero-order valence-corrected chi connectivity index (χ0v) is 12.8. The first-order chi connectivity index (χ1) is 11.8. The molecule has 0 aliphatic heterocycles. The van der Waals surface area contributed by atoms with Gasteiger partial charge in [-0.05, 0) is 19.1 Å². The van der Waals surface area contributed by atoms with Crippen LogP contribution < -0.4 is 10.1 Å². The molecule has 130 valence electrons. The van der Waals surface area contributed by atoms with E-state index in [2.05, 4.69) is 5.32 Å². The third kappa shape index (κ3) is 4.25. The number of halogens is 1. The predicted octanol–water partition coefficient (Wildman–Crippen LogP) is 3.05. The lowest BCUT2D eigenvalue weighted by molar-refractivity contribution is -0.386. The third-order valence-electron chi connectivity index (χ3n) is 3.15. The molecule has 0 spiro atoms. The molecule has 1 unspecified atom stereocenters. The molecule has 0 aliphatic rings. The summed E-state index contributed by atoms with van der Waals surface area (Å²) in [5, 5.41) is 23.8. The van der Waals surface area contributed by atoms with E-state index in [0.29, 0.717) is 0 Å². The van der Waals surface area contributed by atoms with Crippen LogP contribution in [0, 0.1) is 26.0 Å². The lowest BCUT2D eigenvalue weighted by Gasteiger charge is -2.15. The lowest BCUT2D eigenvalue weighted by Crippen LogP contribution is -2.30. The number of carbonyl (C=O) groups is 1. The van der Waals surface area contributed by atoms with E-state index in [1.807, 2.05) is 0 Å². The molecule has 0 aromatic heterocycles. The molecule has 0 aliphatic carbocycles. The van der Waals surface area contributed by atoms with E-state index in [9.17, 15) is 29.4 Å². The number of nitro groups is 2. The van der Waals surface area contributed by atoms with Crippen molar-refractivity contribution in [1.82, 2.24) is 0 Å². The topological polar surface area (TPSA) is 125 Å². The maximum atomic E-state index is 13.7. The van der Waals surface area contributed by atoms with Crippen LogP contribution in [0.25, 0.3) is 0 Å². The van der Waals surface area contributed by atoms with Crippen LogP contribution >= 0.6 is 0 Å². The summed E-state index contributed by atoms with van der Waals surface area (Å²) in [6.07, 6.45) is -1.21. The van der Waals surface area contributed by atoms with Gasteiger partial charge in [-0.3, -0.25) is 25.0 Å². The molecule has 0 saturated carbocycles. The number of benzene rings is 2. The van der Waals surface area contributed by atoms with Gasteiger partial charge < -0.3 is 10.1 Å². The molecule has 0 bridgehead atoms. The van der Waals surface area contributed by atoms with Gasteiger partial charge in [-0.2, -0.15) is 0 Å². The molecule has 1 atom stereocenters. The van der Waals surface area contributed by atoms with E-state index in [4.69, 9.17) is 4.74 Å². The van der Waals surface area contributed by atoms with Crippen molar-refractivity contribution in [2.45, 2.75) is 13.0 Å². The van der Waals surface area contributed by atoms with Crippen molar-refractivity contribution >= 4 is 23.0 Å². The number of hydrogen-bond donors (Lipinski definition) is 1. The Balaban J connectivity index is 2.15. The van der Waals surface area contributed by atoms with Crippen molar-refractivity contribution in [3.63, 3.8) is 0 Å². The summed E-state index contributed by atoms with van der Waals surface area (Å²) in [4.78, 5) is 32.3. The van der Waals surface area contributed by atoms with Gasteiger partial charge in [-0.1, -0.05) is 12.1 Å². The second-order valence-corrected chi connectivity index (χ2v) is 4.90. The van der Waals surface area contributed by atoms with Crippen LogP contribution in [0.4, 0.5) is 21.5 Å². The molecule has 0 fully saturated rings. The molecule has 0 saturated heterocycles. The third-order valence-corrected chi connectivity index (χ3v) is 3.15. The summed E-state index contributed by atoms with van der Waals surface area (Å²) in [6, 6.07) is 8.13. The zero-order chi connectivity index (χ0) is 18.6. The number of carbonyl (C=O) groups excluding carboxylic acids is 1. The van der Waals surface area contributed by atoms with Crippen LogP contribution in [0.2, 0.25) is 0 Å². The zero-order valence-electron chi connectivity index (χ0n) is 12.8. The summed E-state index contributed by atoms with van der Waals surface area (Å²) < 4.78 is 18.9. The number of hydrogen-bond acceptors (Lipinski definition) is 6. The normalized spacial score (nSPS) is 11.4. The van der Waals surface area contributed by atoms with Gasteiger partial charge in [0.25, 0.3) is 11.6 Å². The SMILES string of the molecule is CC(Oc1ccccc1[N+](=O)[O-])C(=O)Nc1cc([N+](=O)[O-])ccc1F. The molecule has 9 nitrogen and oxygen atoms in total. The Morgan fingerprint density at radius 3 is 2.48 bits per heavy atom. The van der Waals surface area contributed by atoms with Crippen LogP contribution in [0.3, 0.4) is 0 Å². The number of nitro benzene ring substituents is 2. The van der Waals surface area contributed by atoms with Crippen molar-refractivity contribution in [2.24, 2.45) is 0 Å². The van der Waals surface area contributed by atoms with Gasteiger partial charge in [0.1, 0.15) is 5.82 Å². The van der Waals surface area contributed by atoms with Crippen LogP contribution in [0.1, 0.15) is 6.92 Å². The van der Waals surface area contributed by atoms with Crippen molar-refractivity contribution in [3.8, 4) is 5.75 Å². The molecule has 0 radical (unpaired) electrons. The highest BCUT2D eigenvalue weighted by Gasteiger charge is 2.22. The highest BCUT2D eigenvalue weighted by Crippen LogP contribution is 2.27. The molecular weight excluding hydrogens is 337 g/mol. The monoisotopic (exact) mass is 349 g/mol. The Bertz CT molecular complexity index is 842. The molecule has 1 N–H and O–H groups in total. The Kier molecular flexibility index (Phi) is 5.22. The molecule has 0 heterocycles. The minimum Gasteiger partial charge on any atom is -0.474 e. The highest BCUT2D eigenvalue weighted by molar-refractivity contribution is 5.94. The van der Waals surface area contributed by atoms with Gasteiger partial charge in [0.05, 0.1) is 15.5 Å². The first-order valence-corrected chi connectivity index (χ1v) is 6.94. The highest BCUT2D eigenvalue weighted by atomic mass is 19.1. The van der Waals surface area contributed by atoms with Gasteiger partial charge in [0.15, 0.2) is 11.9 Å². The fraction of sp³-hybridized carbons (Fsp3) is 0.133. The summed E-state index contributed by atoms with van der Waals surface area (Å²) in [5.74, 6) is -1.82. The number of amides is 1. The molecular formula is C15H12FN3O6. The minimum atomic E-state index is -1.21. The van der Waals surface area contributed by atoms with Crippen molar-refractivity contribution in [3.05, 3.63) is 68.5 Å². The van der Waals surface area contributed by atoms with E-state index in [1.165, 1.54) is 31.2 Å². The van der Waals surface area contributed by atoms with Crippen molar-refractivity contribution < 1.29 is 23.8 Å². The second-order valence-electron chi connectivity index (χ2n) is 4.90. The average Bonchev–Trinajstić information content (AvgIpc) is 2.56. The van der Waals surface area contributed by atoms with Crippen molar-refractivity contribution in [1.29, 1.82) is 0 Å². The molecule has 10 heteroatoms. The predicted molar refractivity (Wildman–Crippen MR) is 84.9 cm³/mol. The maximum absolute atomic E-state index is 13.7. The fourth-order valence-electron chi connectivity index (χ4n) is 1.91. The standard InChI is InChI=1S/C15H12FN3O6/c1-9(25-14-5-3-2-4-13(14)19(23)24)15(20)17-12-8-10(18(21)22)6-7-11(12)16/h2-9H,1H3,(H,17,20). The fourth-order valence-corrected chi connectivity index (χ4v) is 1.91. The number of non-ortho nitro benzene ring substituents is 1. The van der Waals surface area contributed by atoms with E-state index in [0.717, 1.165) is 18.2 Å². The van der Waals surface area contributed by atoms with E-state index in [1.54, 1.807) is 0 Å². The molecule has 2 aromatic carbocycles. The smallest absolute Gasteiger partial charge is 0.310 e. The Morgan fingerprint density at radius 2 is 1.84 bits per heavy atom. The summed E-state index contributed by atoms with van der Waals surface area (Å²) >= 11 is 0. The molecule has 2 rings (SSSR count). The first kappa shape index (κ1) is 17.8. The Morgan fingerprint density at radius 1 is 1.16 bits per heavy atom. The summed E-state index contributed by atoms with van der Waals surface area (Å²) in [5.41, 5.74) is -1.12. The number of rotatable bonds is 6. The van der Waals surface area contributed by atoms with Crippen LogP contribution in [0.5, 0.6) is 5.75 Å². The van der Waals surface area contributed by atoms with Crippen LogP contribution in [-0.4, -0.2) is 21.9 Å². The lowest BCUT2D eigenvalue weighted by atomic mass is 10.2. The van der Waals surface area contributed by atoms with E-state index in [-0.39, 0.29) is 11.4 Å². The minimum absolute atomic E-state index is 0.130.